The van der Waals surface area contributed by atoms with Crippen molar-refractivity contribution in [2.75, 3.05) is 5.32 Å². The molecule has 0 saturated heterocycles. The highest BCUT2D eigenvalue weighted by Gasteiger charge is 2.15. The average Bonchev–Trinajstić information content (AvgIpc) is 3.27. The highest BCUT2D eigenvalue weighted by Crippen LogP contribution is 2.34. The molecular weight excluding hydrogens is 420 g/mol. The van der Waals surface area contributed by atoms with Crippen LogP contribution in [0.15, 0.2) is 97.5 Å². The standard InChI is InChI=1S/C28H22N6/c1-19-17-34-18-21(13-14-25(34)31-19)27-32-24-12-7-11-23(20-8-3-2-4-9-20)26(24)28(33-27)30-16-22-10-5-6-15-29-22/h2-15,17-18H,16H2,1H3,(H,30,32,33). The molecule has 0 aliphatic carbocycles. The Bertz CT molecular complexity index is 1610. The maximum atomic E-state index is 5.00. The summed E-state index contributed by atoms with van der Waals surface area (Å²) in [5.41, 5.74) is 6.86. The first-order chi connectivity index (χ1) is 16.7. The van der Waals surface area contributed by atoms with Crippen molar-refractivity contribution in [3.05, 3.63) is 109 Å². The predicted octanol–water partition coefficient (Wildman–Crippen LogP) is 5.93. The van der Waals surface area contributed by atoms with Crippen LogP contribution in [-0.2, 0) is 6.54 Å². The SMILES string of the molecule is Cc1cn2cc(-c3nc(NCc4ccccn4)c4c(-c5ccccc5)cccc4n3)ccc2n1. The van der Waals surface area contributed by atoms with Crippen molar-refractivity contribution < 1.29 is 0 Å². The molecule has 164 valence electrons. The van der Waals surface area contributed by atoms with E-state index >= 15 is 0 Å². The van der Waals surface area contributed by atoms with Crippen LogP contribution in [0.25, 0.3) is 39.1 Å². The molecule has 6 rings (SSSR count). The number of benzene rings is 2. The smallest absolute Gasteiger partial charge is 0.163 e. The third-order valence-corrected chi connectivity index (χ3v) is 5.80. The Morgan fingerprint density at radius 2 is 1.65 bits per heavy atom. The van der Waals surface area contributed by atoms with E-state index in [0.717, 1.165) is 50.4 Å². The van der Waals surface area contributed by atoms with Gasteiger partial charge in [0.15, 0.2) is 5.82 Å². The molecule has 0 amide bonds. The number of aromatic nitrogens is 5. The van der Waals surface area contributed by atoms with Gasteiger partial charge in [0, 0.05) is 24.2 Å². The molecule has 1 N–H and O–H groups in total. The van der Waals surface area contributed by atoms with Crippen LogP contribution in [0.1, 0.15) is 11.4 Å². The van der Waals surface area contributed by atoms with Gasteiger partial charge in [-0.05, 0) is 48.4 Å². The van der Waals surface area contributed by atoms with E-state index in [-0.39, 0.29) is 0 Å². The molecule has 0 spiro atoms. The van der Waals surface area contributed by atoms with Gasteiger partial charge >= 0.3 is 0 Å². The predicted molar refractivity (Wildman–Crippen MR) is 135 cm³/mol. The van der Waals surface area contributed by atoms with Crippen LogP contribution in [-0.4, -0.2) is 24.3 Å². The minimum absolute atomic E-state index is 0.565. The van der Waals surface area contributed by atoms with Gasteiger partial charge in [0.1, 0.15) is 11.5 Å². The normalized spacial score (nSPS) is 11.2. The van der Waals surface area contributed by atoms with Crippen molar-refractivity contribution in [3.63, 3.8) is 0 Å². The molecule has 0 aliphatic heterocycles. The Morgan fingerprint density at radius 1 is 0.765 bits per heavy atom. The van der Waals surface area contributed by atoms with E-state index in [1.165, 1.54) is 0 Å². The molecule has 4 heterocycles. The fourth-order valence-corrected chi connectivity index (χ4v) is 4.23. The summed E-state index contributed by atoms with van der Waals surface area (Å²) < 4.78 is 2.01. The summed E-state index contributed by atoms with van der Waals surface area (Å²) in [6.07, 6.45) is 5.84. The molecule has 0 fully saturated rings. The topological polar surface area (TPSA) is 68.0 Å². The number of rotatable bonds is 5. The summed E-state index contributed by atoms with van der Waals surface area (Å²) in [6, 6.07) is 26.5. The minimum Gasteiger partial charge on any atom is -0.364 e. The van der Waals surface area contributed by atoms with Crippen LogP contribution >= 0.6 is 0 Å². The third kappa shape index (κ3) is 3.75. The largest absolute Gasteiger partial charge is 0.364 e. The number of nitrogens with zero attached hydrogens (tertiary/aromatic N) is 5. The summed E-state index contributed by atoms with van der Waals surface area (Å²) in [6.45, 7) is 2.55. The van der Waals surface area contributed by atoms with Crippen LogP contribution in [0, 0.1) is 6.92 Å². The molecule has 0 atom stereocenters. The number of hydrogen-bond donors (Lipinski definition) is 1. The van der Waals surface area contributed by atoms with Crippen molar-refractivity contribution in [2.45, 2.75) is 13.5 Å². The van der Waals surface area contributed by atoms with Crippen molar-refractivity contribution >= 4 is 22.4 Å². The van der Waals surface area contributed by atoms with Crippen LogP contribution in [0.3, 0.4) is 0 Å². The van der Waals surface area contributed by atoms with Crippen LogP contribution in [0.5, 0.6) is 0 Å². The molecule has 6 nitrogen and oxygen atoms in total. The monoisotopic (exact) mass is 442 g/mol. The van der Waals surface area contributed by atoms with E-state index in [9.17, 15) is 0 Å². The quantitative estimate of drug-likeness (QED) is 0.359. The fraction of sp³-hybridized carbons (Fsp3) is 0.0714. The summed E-state index contributed by atoms with van der Waals surface area (Å²) in [4.78, 5) is 18.9. The number of imidazole rings is 1. The summed E-state index contributed by atoms with van der Waals surface area (Å²) in [5, 5.41) is 4.53. The minimum atomic E-state index is 0.565. The maximum absolute atomic E-state index is 5.00. The molecule has 0 saturated carbocycles. The molecule has 0 aliphatic rings. The van der Waals surface area contributed by atoms with Crippen molar-refractivity contribution in [3.8, 4) is 22.5 Å². The van der Waals surface area contributed by atoms with Gasteiger partial charge in [-0.15, -0.1) is 0 Å². The molecule has 6 heteroatoms. The number of nitrogens with one attached hydrogen (secondary N) is 1. The zero-order valence-electron chi connectivity index (χ0n) is 18.7. The van der Waals surface area contributed by atoms with Gasteiger partial charge in [-0.2, -0.15) is 0 Å². The van der Waals surface area contributed by atoms with E-state index in [2.05, 4.69) is 33.5 Å². The molecule has 0 unspecified atom stereocenters. The first kappa shape index (κ1) is 20.1. The van der Waals surface area contributed by atoms with E-state index in [1.54, 1.807) is 6.20 Å². The number of aryl methyl sites for hydroxylation is 1. The van der Waals surface area contributed by atoms with Gasteiger partial charge in [-0.1, -0.05) is 48.5 Å². The van der Waals surface area contributed by atoms with Crippen molar-refractivity contribution in [1.82, 2.24) is 24.3 Å². The first-order valence-electron chi connectivity index (χ1n) is 11.2. The molecule has 2 aromatic carbocycles. The summed E-state index contributed by atoms with van der Waals surface area (Å²) in [5.74, 6) is 1.45. The lowest BCUT2D eigenvalue weighted by molar-refractivity contribution is 1.03. The third-order valence-electron chi connectivity index (χ3n) is 5.80. The molecular formula is C28H22N6. The zero-order chi connectivity index (χ0) is 22.9. The Kier molecular flexibility index (Phi) is 4.96. The van der Waals surface area contributed by atoms with E-state index in [1.807, 2.05) is 84.4 Å². The number of pyridine rings is 2. The van der Waals surface area contributed by atoms with E-state index < -0.39 is 0 Å². The van der Waals surface area contributed by atoms with Gasteiger partial charge in [0.2, 0.25) is 0 Å². The Morgan fingerprint density at radius 3 is 2.50 bits per heavy atom. The van der Waals surface area contributed by atoms with E-state index in [0.29, 0.717) is 12.4 Å². The van der Waals surface area contributed by atoms with Crippen molar-refractivity contribution in [2.24, 2.45) is 0 Å². The number of hydrogen-bond acceptors (Lipinski definition) is 5. The Labute approximate surface area is 197 Å². The van der Waals surface area contributed by atoms with Gasteiger partial charge in [0.25, 0.3) is 0 Å². The van der Waals surface area contributed by atoms with Gasteiger partial charge in [0.05, 0.1) is 28.8 Å². The molecule has 34 heavy (non-hydrogen) atoms. The van der Waals surface area contributed by atoms with Gasteiger partial charge in [-0.25, -0.2) is 15.0 Å². The summed E-state index contributed by atoms with van der Waals surface area (Å²) >= 11 is 0. The lowest BCUT2D eigenvalue weighted by atomic mass is 10.0. The highest BCUT2D eigenvalue weighted by atomic mass is 15.0. The second-order valence-corrected chi connectivity index (χ2v) is 8.20. The van der Waals surface area contributed by atoms with Crippen LogP contribution in [0.4, 0.5) is 5.82 Å². The maximum Gasteiger partial charge on any atom is 0.163 e. The second kappa shape index (κ2) is 8.41. The average molecular weight is 443 g/mol. The lowest BCUT2D eigenvalue weighted by Gasteiger charge is -2.14. The Hall–Kier alpha value is -4.58. The summed E-state index contributed by atoms with van der Waals surface area (Å²) in [7, 11) is 0. The zero-order valence-corrected chi connectivity index (χ0v) is 18.7. The fourth-order valence-electron chi connectivity index (χ4n) is 4.23. The first-order valence-corrected chi connectivity index (χ1v) is 11.2. The second-order valence-electron chi connectivity index (χ2n) is 8.20. The molecule has 0 radical (unpaired) electrons. The van der Waals surface area contributed by atoms with Gasteiger partial charge < -0.3 is 9.72 Å². The molecule has 4 aromatic heterocycles. The van der Waals surface area contributed by atoms with Crippen molar-refractivity contribution in [1.29, 1.82) is 0 Å². The molecule has 6 aromatic rings. The number of fused-ring (bicyclic) bond motifs is 2. The number of anilines is 1. The molecule has 0 bridgehead atoms. The Balaban J connectivity index is 1.53. The lowest BCUT2D eigenvalue weighted by Crippen LogP contribution is -2.06. The van der Waals surface area contributed by atoms with E-state index in [4.69, 9.17) is 9.97 Å². The van der Waals surface area contributed by atoms with Gasteiger partial charge in [-0.3, -0.25) is 4.98 Å². The van der Waals surface area contributed by atoms with Crippen LogP contribution < -0.4 is 5.32 Å². The van der Waals surface area contributed by atoms with Crippen LogP contribution in [0.2, 0.25) is 0 Å². The highest BCUT2D eigenvalue weighted by molar-refractivity contribution is 6.02.